The largest absolute Gasteiger partial charge is 0.496 e. The Kier molecular flexibility index (Phi) is 9.12. The van der Waals surface area contributed by atoms with Gasteiger partial charge >= 0.3 is 5.97 Å². The lowest BCUT2D eigenvalue weighted by Crippen LogP contribution is -2.58. The number of hydrogen-bond donors (Lipinski definition) is 1. The van der Waals surface area contributed by atoms with Gasteiger partial charge in [-0.25, -0.2) is 4.79 Å². The third-order valence-corrected chi connectivity index (χ3v) is 9.27. The van der Waals surface area contributed by atoms with Crippen molar-refractivity contribution in [2.45, 2.75) is 102 Å². The monoisotopic (exact) mass is 564 g/mol. The van der Waals surface area contributed by atoms with Crippen LogP contribution in [0.2, 0.25) is 0 Å². The predicted molar refractivity (Wildman–Crippen MR) is 160 cm³/mol. The minimum atomic E-state index is -1.35. The average Bonchev–Trinajstić information content (AvgIpc) is 3.27. The number of benzene rings is 1. The number of likely N-dealkylation sites (tertiary alicyclic amines) is 1. The fourth-order valence-corrected chi connectivity index (χ4v) is 7.38. The Morgan fingerprint density at radius 2 is 1.83 bits per heavy atom. The zero-order valence-corrected chi connectivity index (χ0v) is 26.1. The smallest absolute Gasteiger partial charge is 0.329 e. The Hall–Kier alpha value is -3.00. The van der Waals surface area contributed by atoms with E-state index < -0.39 is 11.5 Å². The molecule has 0 bridgehead atoms. The Balaban J connectivity index is 1.88. The van der Waals surface area contributed by atoms with Crippen molar-refractivity contribution >= 4 is 11.9 Å². The highest BCUT2D eigenvalue weighted by Crippen LogP contribution is 2.52. The van der Waals surface area contributed by atoms with Gasteiger partial charge in [0.25, 0.3) is 5.91 Å². The van der Waals surface area contributed by atoms with Crippen molar-refractivity contribution < 1.29 is 19.4 Å². The van der Waals surface area contributed by atoms with E-state index in [9.17, 15) is 14.7 Å². The lowest BCUT2D eigenvalue weighted by Gasteiger charge is -2.44. The van der Waals surface area contributed by atoms with Crippen LogP contribution in [0.25, 0.3) is 0 Å². The van der Waals surface area contributed by atoms with Crippen molar-refractivity contribution in [2.75, 3.05) is 21.2 Å². The number of carboxylic acid groups (broad SMARTS) is 1. The minimum absolute atomic E-state index is 0.0740. The second-order valence-corrected chi connectivity index (χ2v) is 13.7. The van der Waals surface area contributed by atoms with E-state index in [-0.39, 0.29) is 35.1 Å². The van der Waals surface area contributed by atoms with E-state index in [0.717, 1.165) is 36.9 Å². The highest BCUT2D eigenvalue weighted by atomic mass is 16.5. The predicted octanol–water partition coefficient (Wildman–Crippen LogP) is 5.77. The lowest BCUT2D eigenvalue weighted by atomic mass is 9.76. The topological polar surface area (TPSA) is 95.9 Å². The summed E-state index contributed by atoms with van der Waals surface area (Å²) in [6.45, 7) is 10.4. The number of hydrogen-bond acceptors (Lipinski definition) is 6. The SMILES string of the molecule is COc1cc(C(=O)N2[C@@H](C3CCC(N(C)C)CC3)[C@@H](c3cnccn3)C[C@@]2(CC(C)C)C(=O)O)ccc1C(C)(C)C. The van der Waals surface area contributed by atoms with Crippen LogP contribution < -0.4 is 4.74 Å². The summed E-state index contributed by atoms with van der Waals surface area (Å²) in [6.07, 6.45) is 9.63. The quantitative estimate of drug-likeness (QED) is 0.435. The molecular formula is C33H48N4O4. The number of rotatable bonds is 8. The molecule has 0 unspecified atom stereocenters. The van der Waals surface area contributed by atoms with Gasteiger partial charge in [0.15, 0.2) is 0 Å². The van der Waals surface area contributed by atoms with Crippen LogP contribution in [0.4, 0.5) is 0 Å². The summed E-state index contributed by atoms with van der Waals surface area (Å²) in [7, 11) is 5.85. The standard InChI is InChI=1S/C33H48N4O4/c1-21(2)18-33(31(39)40)19-25(27-20-34-15-16-35-27)29(22-9-12-24(13-10-22)36(6)7)37(33)30(38)23-11-14-26(32(3,4)5)28(17-23)41-8/h11,14-17,20-22,24-25,29H,9-10,12-13,18-19H2,1-8H3,(H,39,40)/t22?,24?,25-,29+,33+/m1/s1. The molecule has 0 spiro atoms. The number of nitrogens with zero attached hydrogens (tertiary/aromatic N) is 4. The van der Waals surface area contributed by atoms with Gasteiger partial charge in [0.2, 0.25) is 0 Å². The van der Waals surface area contributed by atoms with Gasteiger partial charge in [-0.3, -0.25) is 14.8 Å². The fraction of sp³-hybridized carbons (Fsp3) is 0.636. The molecule has 1 aromatic carbocycles. The zero-order chi connectivity index (χ0) is 30.1. The Morgan fingerprint density at radius 1 is 1.15 bits per heavy atom. The molecule has 1 aromatic heterocycles. The Bertz CT molecular complexity index is 1220. The molecule has 1 saturated heterocycles. The molecule has 224 valence electrons. The summed E-state index contributed by atoms with van der Waals surface area (Å²) in [5.41, 5.74) is 0.689. The maximum Gasteiger partial charge on any atom is 0.329 e. The van der Waals surface area contributed by atoms with Gasteiger partial charge in [-0.2, -0.15) is 0 Å². The molecule has 0 radical (unpaired) electrons. The maximum atomic E-state index is 14.7. The molecule has 1 saturated carbocycles. The normalized spacial score (nSPS) is 26.9. The van der Waals surface area contributed by atoms with Crippen LogP contribution >= 0.6 is 0 Å². The molecule has 4 rings (SSSR count). The highest BCUT2D eigenvalue weighted by molar-refractivity contribution is 5.99. The first-order valence-electron chi connectivity index (χ1n) is 15.0. The number of carboxylic acids is 1. The molecule has 1 aliphatic heterocycles. The molecule has 3 atom stereocenters. The first kappa shape index (κ1) is 30.9. The molecule has 2 fully saturated rings. The van der Waals surface area contributed by atoms with Crippen LogP contribution in [0.1, 0.15) is 101 Å². The van der Waals surface area contributed by atoms with E-state index >= 15 is 0 Å². The fourth-order valence-electron chi connectivity index (χ4n) is 7.38. The average molecular weight is 565 g/mol. The molecule has 2 aliphatic rings. The number of carbonyl (C=O) groups is 2. The summed E-state index contributed by atoms with van der Waals surface area (Å²) in [4.78, 5) is 41.2. The number of carbonyl (C=O) groups excluding carboxylic acids is 1. The maximum absolute atomic E-state index is 14.7. The van der Waals surface area contributed by atoms with Gasteiger partial charge in [0, 0.05) is 42.2 Å². The van der Waals surface area contributed by atoms with Crippen molar-refractivity contribution in [3.8, 4) is 5.75 Å². The van der Waals surface area contributed by atoms with Crippen molar-refractivity contribution in [3.05, 3.63) is 53.6 Å². The van der Waals surface area contributed by atoms with Crippen LogP contribution in [0.5, 0.6) is 5.75 Å². The van der Waals surface area contributed by atoms with Gasteiger partial charge in [0.05, 0.1) is 12.8 Å². The van der Waals surface area contributed by atoms with Gasteiger partial charge in [-0.05, 0) is 87.6 Å². The summed E-state index contributed by atoms with van der Waals surface area (Å²) < 4.78 is 5.75. The van der Waals surface area contributed by atoms with Gasteiger partial charge in [0.1, 0.15) is 11.3 Å². The van der Waals surface area contributed by atoms with Crippen molar-refractivity contribution in [1.29, 1.82) is 0 Å². The highest BCUT2D eigenvalue weighted by Gasteiger charge is 2.61. The van der Waals surface area contributed by atoms with Gasteiger partial charge in [-0.15, -0.1) is 0 Å². The summed E-state index contributed by atoms with van der Waals surface area (Å²) in [5.74, 6) is -0.551. The van der Waals surface area contributed by atoms with E-state index in [0.29, 0.717) is 30.2 Å². The van der Waals surface area contributed by atoms with Crippen molar-refractivity contribution in [2.24, 2.45) is 11.8 Å². The third kappa shape index (κ3) is 6.13. The van der Waals surface area contributed by atoms with E-state index in [1.165, 1.54) is 0 Å². The molecule has 8 heteroatoms. The second kappa shape index (κ2) is 12.1. The molecule has 2 aromatic rings. The molecule has 1 aliphatic carbocycles. The molecule has 2 heterocycles. The van der Waals surface area contributed by atoms with Crippen molar-refractivity contribution in [1.82, 2.24) is 19.8 Å². The van der Waals surface area contributed by atoms with E-state index in [2.05, 4.69) is 49.7 Å². The van der Waals surface area contributed by atoms with Crippen LogP contribution in [-0.2, 0) is 10.2 Å². The molecule has 41 heavy (non-hydrogen) atoms. The van der Waals surface area contributed by atoms with Crippen molar-refractivity contribution in [3.63, 3.8) is 0 Å². The molecular weight excluding hydrogens is 516 g/mol. The first-order chi connectivity index (χ1) is 19.3. The minimum Gasteiger partial charge on any atom is -0.496 e. The number of aliphatic carboxylic acids is 1. The Morgan fingerprint density at radius 3 is 2.34 bits per heavy atom. The summed E-state index contributed by atoms with van der Waals surface area (Å²) in [5, 5.41) is 11.0. The molecule has 8 nitrogen and oxygen atoms in total. The third-order valence-electron chi connectivity index (χ3n) is 9.27. The number of aromatic nitrogens is 2. The summed E-state index contributed by atoms with van der Waals surface area (Å²) in [6, 6.07) is 5.76. The van der Waals surface area contributed by atoms with E-state index in [1.54, 1.807) is 36.7 Å². The molecule has 1 N–H and O–H groups in total. The first-order valence-corrected chi connectivity index (χ1v) is 15.0. The van der Waals surface area contributed by atoms with Crippen LogP contribution in [0.3, 0.4) is 0 Å². The van der Waals surface area contributed by atoms with Gasteiger partial charge in [-0.1, -0.05) is 40.7 Å². The second-order valence-electron chi connectivity index (χ2n) is 13.7. The van der Waals surface area contributed by atoms with E-state index in [4.69, 9.17) is 4.74 Å². The number of methoxy groups -OCH3 is 1. The number of amides is 1. The van der Waals surface area contributed by atoms with Gasteiger partial charge < -0.3 is 19.6 Å². The number of ether oxygens (including phenoxy) is 1. The lowest BCUT2D eigenvalue weighted by molar-refractivity contribution is -0.150. The van der Waals surface area contributed by atoms with Crippen LogP contribution in [0, 0.1) is 11.8 Å². The zero-order valence-electron chi connectivity index (χ0n) is 26.1. The Labute approximate surface area is 245 Å². The summed E-state index contributed by atoms with van der Waals surface area (Å²) >= 11 is 0. The molecule has 1 amide bonds. The van der Waals surface area contributed by atoms with Crippen LogP contribution in [-0.4, -0.2) is 75.6 Å². The van der Waals surface area contributed by atoms with E-state index in [1.807, 2.05) is 26.0 Å². The van der Waals surface area contributed by atoms with Crippen LogP contribution in [0.15, 0.2) is 36.8 Å².